The molecule has 1 aromatic heterocycles. The fourth-order valence-corrected chi connectivity index (χ4v) is 2.46. The van der Waals surface area contributed by atoms with Crippen LogP contribution in [0.2, 0.25) is 0 Å². The Bertz CT molecular complexity index is 578. The number of hydrogen-bond donors (Lipinski definition) is 3. The summed E-state index contributed by atoms with van der Waals surface area (Å²) in [5.41, 5.74) is 8.46. The number of anilines is 2. The minimum atomic E-state index is -0.970. The molecule has 0 saturated heterocycles. The number of nitrogens with two attached hydrogens (primary N) is 1. The molecule has 0 bridgehead atoms. The maximum atomic E-state index is 10.8. The van der Waals surface area contributed by atoms with E-state index in [2.05, 4.69) is 18.3 Å². The highest BCUT2D eigenvalue weighted by Gasteiger charge is 2.06. The highest BCUT2D eigenvalue weighted by atomic mass is 32.1. The number of aromatic carboxylic acids is 1. The van der Waals surface area contributed by atoms with E-state index in [4.69, 9.17) is 10.8 Å². The average Bonchev–Trinajstić information content (AvgIpc) is 2.73. The number of aryl methyl sites for hydroxylation is 1. The Kier molecular flexibility index (Phi) is 3.53. The predicted molar refractivity (Wildman–Crippen MR) is 74.2 cm³/mol. The molecular formula is C13H14N2O2S. The minimum Gasteiger partial charge on any atom is -0.478 e. The van der Waals surface area contributed by atoms with Crippen molar-refractivity contribution in [3.63, 3.8) is 0 Å². The van der Waals surface area contributed by atoms with Gasteiger partial charge in [0.15, 0.2) is 0 Å². The number of thiophene rings is 1. The van der Waals surface area contributed by atoms with E-state index in [1.807, 2.05) is 5.38 Å². The second-order valence-corrected chi connectivity index (χ2v) is 4.99. The SMILES string of the molecule is Cc1ccsc1CNc1ccc(C(=O)O)cc1N. The van der Waals surface area contributed by atoms with Crippen molar-refractivity contribution in [3.05, 3.63) is 45.6 Å². The standard InChI is InChI=1S/C13H14N2O2S/c1-8-4-5-18-12(8)7-15-11-3-2-9(13(16)17)6-10(11)14/h2-6,15H,7,14H2,1H3,(H,16,17). The molecule has 0 atom stereocenters. The van der Waals surface area contributed by atoms with Crippen molar-refractivity contribution in [1.29, 1.82) is 0 Å². The Morgan fingerprint density at radius 1 is 1.44 bits per heavy atom. The zero-order valence-electron chi connectivity index (χ0n) is 9.93. The van der Waals surface area contributed by atoms with Crippen molar-refractivity contribution in [2.75, 3.05) is 11.1 Å². The Morgan fingerprint density at radius 3 is 2.78 bits per heavy atom. The summed E-state index contributed by atoms with van der Waals surface area (Å²) in [6.07, 6.45) is 0. The summed E-state index contributed by atoms with van der Waals surface area (Å²) in [5, 5.41) is 14.1. The van der Waals surface area contributed by atoms with Gasteiger partial charge in [0.1, 0.15) is 0 Å². The Labute approximate surface area is 109 Å². The molecule has 5 heteroatoms. The number of benzene rings is 1. The highest BCUT2D eigenvalue weighted by molar-refractivity contribution is 7.10. The number of carbonyl (C=O) groups is 1. The molecule has 0 aliphatic rings. The molecule has 0 unspecified atom stereocenters. The van der Waals surface area contributed by atoms with Crippen LogP contribution in [0, 0.1) is 6.92 Å². The van der Waals surface area contributed by atoms with Crippen LogP contribution in [0.3, 0.4) is 0 Å². The van der Waals surface area contributed by atoms with Crippen LogP contribution in [0.4, 0.5) is 11.4 Å². The number of carboxylic acid groups (broad SMARTS) is 1. The maximum absolute atomic E-state index is 10.8. The van der Waals surface area contributed by atoms with E-state index in [9.17, 15) is 4.79 Å². The van der Waals surface area contributed by atoms with Crippen molar-refractivity contribution in [3.8, 4) is 0 Å². The van der Waals surface area contributed by atoms with E-state index in [0.717, 1.165) is 5.69 Å². The third kappa shape index (κ3) is 2.62. The van der Waals surface area contributed by atoms with Crippen LogP contribution in [0.1, 0.15) is 20.8 Å². The second-order valence-electron chi connectivity index (χ2n) is 3.99. The van der Waals surface area contributed by atoms with Crippen LogP contribution in [-0.4, -0.2) is 11.1 Å². The first-order chi connectivity index (χ1) is 8.58. The first kappa shape index (κ1) is 12.4. The van der Waals surface area contributed by atoms with Crippen molar-refractivity contribution >= 4 is 28.7 Å². The van der Waals surface area contributed by atoms with Gasteiger partial charge in [0.2, 0.25) is 0 Å². The lowest BCUT2D eigenvalue weighted by Gasteiger charge is -2.09. The number of nitrogen functional groups attached to an aromatic ring is 1. The zero-order valence-corrected chi connectivity index (χ0v) is 10.8. The fourth-order valence-electron chi connectivity index (χ4n) is 1.62. The van der Waals surface area contributed by atoms with Gasteiger partial charge >= 0.3 is 5.97 Å². The zero-order chi connectivity index (χ0) is 13.1. The van der Waals surface area contributed by atoms with Crippen LogP contribution < -0.4 is 11.1 Å². The minimum absolute atomic E-state index is 0.199. The first-order valence-electron chi connectivity index (χ1n) is 5.47. The Morgan fingerprint density at radius 2 is 2.22 bits per heavy atom. The molecule has 2 rings (SSSR count). The van der Waals surface area contributed by atoms with Gasteiger partial charge < -0.3 is 16.2 Å². The van der Waals surface area contributed by atoms with Gasteiger partial charge in [-0.25, -0.2) is 4.79 Å². The van der Waals surface area contributed by atoms with Gasteiger partial charge in [-0.1, -0.05) is 0 Å². The van der Waals surface area contributed by atoms with Crippen molar-refractivity contribution in [2.24, 2.45) is 0 Å². The summed E-state index contributed by atoms with van der Waals surface area (Å²) < 4.78 is 0. The van der Waals surface area contributed by atoms with Crippen LogP contribution in [0.15, 0.2) is 29.6 Å². The third-order valence-corrected chi connectivity index (χ3v) is 3.73. The number of nitrogens with one attached hydrogen (secondary N) is 1. The van der Waals surface area contributed by atoms with Gasteiger partial charge in [-0.15, -0.1) is 11.3 Å². The van der Waals surface area contributed by atoms with Gasteiger partial charge in [0, 0.05) is 11.4 Å². The fraction of sp³-hybridized carbons (Fsp3) is 0.154. The third-order valence-electron chi connectivity index (χ3n) is 2.71. The van der Waals surface area contributed by atoms with E-state index in [0.29, 0.717) is 12.2 Å². The van der Waals surface area contributed by atoms with Crippen molar-refractivity contribution in [1.82, 2.24) is 0 Å². The summed E-state index contributed by atoms with van der Waals surface area (Å²) in [6.45, 7) is 2.75. The van der Waals surface area contributed by atoms with E-state index in [1.54, 1.807) is 23.5 Å². The van der Waals surface area contributed by atoms with E-state index in [1.165, 1.54) is 16.5 Å². The summed E-state index contributed by atoms with van der Waals surface area (Å²) >= 11 is 1.69. The maximum Gasteiger partial charge on any atom is 0.335 e. The van der Waals surface area contributed by atoms with Crippen LogP contribution in [0.5, 0.6) is 0 Å². The van der Waals surface area contributed by atoms with E-state index < -0.39 is 5.97 Å². The van der Waals surface area contributed by atoms with Gasteiger partial charge in [-0.2, -0.15) is 0 Å². The smallest absolute Gasteiger partial charge is 0.335 e. The highest BCUT2D eigenvalue weighted by Crippen LogP contribution is 2.22. The molecule has 1 heterocycles. The molecule has 2 aromatic rings. The van der Waals surface area contributed by atoms with Gasteiger partial charge in [0.25, 0.3) is 0 Å². The first-order valence-corrected chi connectivity index (χ1v) is 6.35. The van der Waals surface area contributed by atoms with Crippen LogP contribution in [0.25, 0.3) is 0 Å². The van der Waals surface area contributed by atoms with Crippen molar-refractivity contribution in [2.45, 2.75) is 13.5 Å². The molecule has 4 nitrogen and oxygen atoms in total. The summed E-state index contributed by atoms with van der Waals surface area (Å²) in [5.74, 6) is -0.970. The summed E-state index contributed by atoms with van der Waals surface area (Å²) in [6, 6.07) is 6.77. The summed E-state index contributed by atoms with van der Waals surface area (Å²) in [4.78, 5) is 12.0. The monoisotopic (exact) mass is 262 g/mol. The second kappa shape index (κ2) is 5.10. The molecule has 0 aliphatic heterocycles. The summed E-state index contributed by atoms with van der Waals surface area (Å²) in [7, 11) is 0. The molecule has 18 heavy (non-hydrogen) atoms. The molecule has 0 fully saturated rings. The number of hydrogen-bond acceptors (Lipinski definition) is 4. The van der Waals surface area contributed by atoms with Crippen molar-refractivity contribution < 1.29 is 9.90 Å². The van der Waals surface area contributed by atoms with Gasteiger partial charge in [-0.05, 0) is 42.1 Å². The van der Waals surface area contributed by atoms with Crippen LogP contribution in [-0.2, 0) is 6.54 Å². The lowest BCUT2D eigenvalue weighted by molar-refractivity contribution is 0.0697. The van der Waals surface area contributed by atoms with E-state index in [-0.39, 0.29) is 5.56 Å². The molecule has 0 amide bonds. The largest absolute Gasteiger partial charge is 0.478 e. The number of carboxylic acids is 1. The van der Waals surface area contributed by atoms with E-state index >= 15 is 0 Å². The van der Waals surface area contributed by atoms with Crippen LogP contribution >= 0.6 is 11.3 Å². The average molecular weight is 262 g/mol. The molecule has 0 radical (unpaired) electrons. The van der Waals surface area contributed by atoms with Gasteiger partial charge in [0.05, 0.1) is 16.9 Å². The number of rotatable bonds is 4. The predicted octanol–water partition coefficient (Wildman–Crippen LogP) is 2.95. The lowest BCUT2D eigenvalue weighted by Crippen LogP contribution is -2.04. The molecule has 4 N–H and O–H groups in total. The Balaban J connectivity index is 2.11. The van der Waals surface area contributed by atoms with Gasteiger partial charge in [-0.3, -0.25) is 0 Å². The molecule has 0 aliphatic carbocycles. The topological polar surface area (TPSA) is 75.3 Å². The lowest BCUT2D eigenvalue weighted by atomic mass is 10.1. The molecule has 1 aromatic carbocycles. The Hall–Kier alpha value is -2.01. The molecule has 0 spiro atoms. The molecule has 0 saturated carbocycles. The molecular weight excluding hydrogens is 248 g/mol. The normalized spacial score (nSPS) is 10.3. The molecule has 94 valence electrons. The quantitative estimate of drug-likeness (QED) is 0.740.